The third-order valence-electron chi connectivity index (χ3n) is 3.89. The Morgan fingerprint density at radius 2 is 2.20 bits per heavy atom. The topological polar surface area (TPSA) is 69.6 Å². The number of nitrogens with zero attached hydrogens (tertiary/aromatic N) is 1. The third-order valence-corrected chi connectivity index (χ3v) is 4.79. The van der Waals surface area contributed by atoms with Gasteiger partial charge in [0.15, 0.2) is 0 Å². The van der Waals surface area contributed by atoms with Gasteiger partial charge >= 0.3 is 12.0 Å². The number of hydrogen-bond acceptors (Lipinski definition) is 3. The lowest BCUT2D eigenvalue weighted by Crippen LogP contribution is -2.54. The van der Waals surface area contributed by atoms with Gasteiger partial charge in [-0.25, -0.2) is 9.59 Å². The molecule has 6 heteroatoms. The number of carboxylic acids is 1. The molecule has 2 amide bonds. The van der Waals surface area contributed by atoms with Gasteiger partial charge in [-0.15, -0.1) is 0 Å². The maximum Gasteiger partial charge on any atom is 0.326 e. The van der Waals surface area contributed by atoms with E-state index in [1.54, 1.807) is 11.8 Å². The molecule has 3 unspecified atom stereocenters. The summed E-state index contributed by atoms with van der Waals surface area (Å²) in [4.78, 5) is 25.0. The van der Waals surface area contributed by atoms with Crippen molar-refractivity contribution in [3.8, 4) is 0 Å². The summed E-state index contributed by atoms with van der Waals surface area (Å²) in [6.45, 7) is 5.29. The van der Waals surface area contributed by atoms with E-state index in [0.717, 1.165) is 18.6 Å². The van der Waals surface area contributed by atoms with Crippen LogP contribution in [-0.4, -0.2) is 53.1 Å². The van der Waals surface area contributed by atoms with Crippen LogP contribution in [0.5, 0.6) is 0 Å². The van der Waals surface area contributed by atoms with Gasteiger partial charge in [0, 0.05) is 13.1 Å². The molecule has 2 N–H and O–H groups in total. The minimum atomic E-state index is -0.893. The van der Waals surface area contributed by atoms with E-state index in [2.05, 4.69) is 19.2 Å². The Morgan fingerprint density at radius 1 is 1.50 bits per heavy atom. The predicted octanol–water partition coefficient (Wildman–Crippen LogP) is 2.27. The van der Waals surface area contributed by atoms with Crippen molar-refractivity contribution in [2.75, 3.05) is 25.1 Å². The summed E-state index contributed by atoms with van der Waals surface area (Å²) in [5, 5.41) is 12.2. The molecule has 0 spiro atoms. The van der Waals surface area contributed by atoms with Gasteiger partial charge in [-0.05, 0) is 36.7 Å². The van der Waals surface area contributed by atoms with Crippen LogP contribution in [-0.2, 0) is 4.79 Å². The summed E-state index contributed by atoms with van der Waals surface area (Å²) in [6.07, 6.45) is 4.48. The number of urea groups is 1. The number of likely N-dealkylation sites (tertiary alicyclic amines) is 1. The first-order valence-electron chi connectivity index (χ1n) is 7.25. The Bertz CT molecular complexity index is 338. The second kappa shape index (κ2) is 8.39. The zero-order chi connectivity index (χ0) is 15.1. The predicted molar refractivity (Wildman–Crippen MR) is 82.1 cm³/mol. The largest absolute Gasteiger partial charge is 0.480 e. The molecule has 0 bridgehead atoms. The van der Waals surface area contributed by atoms with Gasteiger partial charge in [0.2, 0.25) is 0 Å². The highest BCUT2D eigenvalue weighted by molar-refractivity contribution is 7.98. The first-order valence-corrected chi connectivity index (χ1v) is 8.65. The number of carbonyl (C=O) groups excluding carboxylic acids is 1. The fourth-order valence-electron chi connectivity index (χ4n) is 2.59. The van der Waals surface area contributed by atoms with Gasteiger partial charge in [-0.2, -0.15) is 11.8 Å². The monoisotopic (exact) mass is 302 g/mol. The summed E-state index contributed by atoms with van der Waals surface area (Å²) in [5.41, 5.74) is 0. The second-order valence-corrected chi connectivity index (χ2v) is 6.50. The van der Waals surface area contributed by atoms with Gasteiger partial charge in [0.25, 0.3) is 0 Å². The van der Waals surface area contributed by atoms with Crippen LogP contribution in [0.3, 0.4) is 0 Å². The van der Waals surface area contributed by atoms with E-state index in [1.165, 1.54) is 4.90 Å². The van der Waals surface area contributed by atoms with Crippen molar-refractivity contribution < 1.29 is 14.7 Å². The lowest BCUT2D eigenvalue weighted by atomic mass is 9.89. The van der Waals surface area contributed by atoms with Crippen molar-refractivity contribution in [2.45, 2.75) is 39.2 Å². The molecule has 0 radical (unpaired) electrons. The lowest BCUT2D eigenvalue weighted by molar-refractivity contribution is -0.144. The van der Waals surface area contributed by atoms with Gasteiger partial charge < -0.3 is 15.3 Å². The molecule has 0 aromatic rings. The van der Waals surface area contributed by atoms with Crippen molar-refractivity contribution in [3.63, 3.8) is 0 Å². The summed E-state index contributed by atoms with van der Waals surface area (Å²) in [7, 11) is 0. The zero-order valence-electron chi connectivity index (χ0n) is 12.6. The molecule has 3 atom stereocenters. The Kier molecular flexibility index (Phi) is 7.19. The molecule has 0 saturated carbocycles. The van der Waals surface area contributed by atoms with E-state index >= 15 is 0 Å². The number of piperidine rings is 1. The standard InChI is InChI=1S/C14H26N2O3S/c1-4-11-5-6-16(12(7-11)13(17)18)14(19)15-8-10(2)9-20-3/h10-12H,4-9H2,1-3H3,(H,15,19)(H,17,18). The molecule has 116 valence electrons. The number of carboxylic acid groups (broad SMARTS) is 1. The highest BCUT2D eigenvalue weighted by Crippen LogP contribution is 2.25. The lowest BCUT2D eigenvalue weighted by Gasteiger charge is -2.37. The SMILES string of the molecule is CCC1CCN(C(=O)NCC(C)CSC)C(C(=O)O)C1. The fourth-order valence-corrected chi connectivity index (χ4v) is 3.28. The van der Waals surface area contributed by atoms with E-state index in [-0.39, 0.29) is 6.03 Å². The van der Waals surface area contributed by atoms with Crippen LogP contribution in [0.1, 0.15) is 33.1 Å². The average molecular weight is 302 g/mol. The molecular formula is C14H26N2O3S. The van der Waals surface area contributed by atoms with Crippen LogP contribution in [0.2, 0.25) is 0 Å². The van der Waals surface area contributed by atoms with Crippen LogP contribution >= 0.6 is 11.8 Å². The number of thioether (sulfide) groups is 1. The maximum absolute atomic E-state index is 12.2. The quantitative estimate of drug-likeness (QED) is 0.789. The number of nitrogens with one attached hydrogen (secondary N) is 1. The van der Waals surface area contributed by atoms with Crippen LogP contribution in [0.4, 0.5) is 4.79 Å². The molecule has 0 aromatic carbocycles. The van der Waals surface area contributed by atoms with Crippen molar-refractivity contribution >= 4 is 23.8 Å². The molecular weight excluding hydrogens is 276 g/mol. The van der Waals surface area contributed by atoms with Crippen LogP contribution in [0, 0.1) is 11.8 Å². The zero-order valence-corrected chi connectivity index (χ0v) is 13.4. The molecule has 1 rings (SSSR count). The normalized spacial score (nSPS) is 24.2. The third kappa shape index (κ3) is 4.89. The summed E-state index contributed by atoms with van der Waals surface area (Å²) >= 11 is 1.75. The van der Waals surface area contributed by atoms with E-state index in [0.29, 0.717) is 31.3 Å². The molecule has 1 heterocycles. The van der Waals surface area contributed by atoms with E-state index < -0.39 is 12.0 Å². The minimum absolute atomic E-state index is 0.236. The van der Waals surface area contributed by atoms with E-state index in [1.807, 2.05) is 6.26 Å². The molecule has 1 aliphatic heterocycles. The van der Waals surface area contributed by atoms with Gasteiger partial charge in [-0.3, -0.25) is 0 Å². The Hall–Kier alpha value is -0.910. The van der Waals surface area contributed by atoms with Crippen LogP contribution in [0.15, 0.2) is 0 Å². The molecule has 0 aliphatic carbocycles. The number of aliphatic carboxylic acids is 1. The Labute approximate surface area is 125 Å². The van der Waals surface area contributed by atoms with Crippen LogP contribution in [0.25, 0.3) is 0 Å². The van der Waals surface area contributed by atoms with Gasteiger partial charge in [-0.1, -0.05) is 20.3 Å². The Morgan fingerprint density at radius 3 is 2.75 bits per heavy atom. The number of carbonyl (C=O) groups is 2. The maximum atomic E-state index is 12.2. The summed E-state index contributed by atoms with van der Waals surface area (Å²) in [6, 6.07) is -0.913. The summed E-state index contributed by atoms with van der Waals surface area (Å²) < 4.78 is 0. The average Bonchev–Trinajstić information content (AvgIpc) is 2.44. The minimum Gasteiger partial charge on any atom is -0.480 e. The first-order chi connectivity index (χ1) is 9.49. The molecule has 5 nitrogen and oxygen atoms in total. The number of hydrogen-bond donors (Lipinski definition) is 2. The highest BCUT2D eigenvalue weighted by Gasteiger charge is 2.35. The smallest absolute Gasteiger partial charge is 0.326 e. The molecule has 1 saturated heterocycles. The van der Waals surface area contributed by atoms with E-state index in [9.17, 15) is 14.7 Å². The second-order valence-electron chi connectivity index (χ2n) is 5.59. The molecule has 1 aliphatic rings. The van der Waals surface area contributed by atoms with Crippen molar-refractivity contribution in [1.29, 1.82) is 0 Å². The fraction of sp³-hybridized carbons (Fsp3) is 0.857. The highest BCUT2D eigenvalue weighted by atomic mass is 32.2. The van der Waals surface area contributed by atoms with Crippen LogP contribution < -0.4 is 5.32 Å². The van der Waals surface area contributed by atoms with Gasteiger partial charge in [0.05, 0.1) is 0 Å². The first kappa shape index (κ1) is 17.1. The van der Waals surface area contributed by atoms with Crippen molar-refractivity contribution in [2.24, 2.45) is 11.8 Å². The Balaban J connectivity index is 2.54. The number of amides is 2. The van der Waals surface area contributed by atoms with Crippen molar-refractivity contribution in [1.82, 2.24) is 10.2 Å². The molecule has 20 heavy (non-hydrogen) atoms. The summed E-state index contributed by atoms with van der Waals surface area (Å²) in [5.74, 6) is 0.900. The van der Waals surface area contributed by atoms with Gasteiger partial charge in [0.1, 0.15) is 6.04 Å². The van der Waals surface area contributed by atoms with E-state index in [4.69, 9.17) is 0 Å². The van der Waals surface area contributed by atoms with Crippen molar-refractivity contribution in [3.05, 3.63) is 0 Å². The molecule has 0 aromatic heterocycles. The molecule has 1 fully saturated rings. The number of rotatable bonds is 6.